The minimum absolute atomic E-state index is 0.198. The Labute approximate surface area is 415 Å². The molecule has 1 unspecified atom stereocenters. The molecule has 0 spiro atoms. The molecule has 0 saturated heterocycles. The zero-order chi connectivity index (χ0) is 50.5. The average molecular weight is 930 g/mol. The maximum atomic E-state index is 9.66. The van der Waals surface area contributed by atoms with Crippen LogP contribution >= 0.6 is 0 Å². The normalized spacial score (nSPS) is 15.3. The van der Waals surface area contributed by atoms with Crippen LogP contribution in [0.25, 0.3) is 43.6 Å². The Morgan fingerprint density at radius 3 is 1.76 bits per heavy atom. The topological polar surface area (TPSA) is 250 Å². The van der Waals surface area contributed by atoms with E-state index < -0.39 is 0 Å². The number of benzene rings is 4. The number of hydrogen-bond acceptors (Lipinski definition) is 11. The second-order valence-corrected chi connectivity index (χ2v) is 16.4. The van der Waals surface area contributed by atoms with Gasteiger partial charge in [0.2, 0.25) is 0 Å². The molecule has 0 fully saturated rings. The van der Waals surface area contributed by atoms with Gasteiger partial charge >= 0.3 is 0 Å². The molecule has 0 aliphatic carbocycles. The van der Waals surface area contributed by atoms with E-state index in [1.807, 2.05) is 60.7 Å². The van der Waals surface area contributed by atoms with Crippen molar-refractivity contribution >= 4 is 32.3 Å². The molecule has 0 radical (unpaired) electrons. The number of nitrogens with two attached hydrogens (primary N) is 5. The fourth-order valence-electron chi connectivity index (χ4n) is 8.34. The molecule has 2 heterocycles. The number of nitriles is 4. The summed E-state index contributed by atoms with van der Waals surface area (Å²) in [5.41, 5.74) is 39.2. The fourth-order valence-corrected chi connectivity index (χ4v) is 8.34. The number of nitrogens with one attached hydrogen (secondary N) is 1. The van der Waals surface area contributed by atoms with E-state index in [1.54, 1.807) is 30.4 Å². The lowest BCUT2D eigenvalue weighted by Crippen LogP contribution is -2.21. The zero-order valence-corrected chi connectivity index (χ0v) is 39.4. The van der Waals surface area contributed by atoms with Crippen molar-refractivity contribution in [3.8, 4) is 35.5 Å². The third-order valence-corrected chi connectivity index (χ3v) is 11.8. The van der Waals surface area contributed by atoms with Gasteiger partial charge in [0.25, 0.3) is 0 Å². The molecule has 1 aromatic heterocycles. The van der Waals surface area contributed by atoms with Crippen LogP contribution in [-0.4, -0.2) is 4.98 Å². The van der Waals surface area contributed by atoms with Crippen molar-refractivity contribution in [3.63, 3.8) is 0 Å². The number of dihydropyridines is 1. The molecule has 11 nitrogen and oxygen atoms in total. The van der Waals surface area contributed by atoms with E-state index in [4.69, 9.17) is 33.7 Å². The number of hydrogen-bond donors (Lipinski definition) is 6. The lowest BCUT2D eigenvalue weighted by atomic mass is 9.83. The maximum Gasteiger partial charge on any atom is 0.0988 e. The minimum Gasteiger partial charge on any atom is -0.405 e. The van der Waals surface area contributed by atoms with Gasteiger partial charge in [-0.25, -0.2) is 0 Å². The Bertz CT molecular complexity index is 3400. The van der Waals surface area contributed by atoms with Gasteiger partial charge in [-0.2, -0.15) is 21.0 Å². The Balaban J connectivity index is 1.55. The molecular formula is C60H55N11. The lowest BCUT2D eigenvalue weighted by molar-refractivity contribution is 0.694. The van der Waals surface area contributed by atoms with Crippen LogP contribution in [0.2, 0.25) is 0 Å². The summed E-state index contributed by atoms with van der Waals surface area (Å²) in [5, 5.41) is 48.3. The van der Waals surface area contributed by atoms with Crippen LogP contribution in [0.15, 0.2) is 222 Å². The average Bonchev–Trinajstić information content (AvgIpc) is 3.40. The first-order valence-corrected chi connectivity index (χ1v) is 23.0. The van der Waals surface area contributed by atoms with Crippen molar-refractivity contribution in [2.75, 3.05) is 0 Å². The van der Waals surface area contributed by atoms with Gasteiger partial charge in [-0.1, -0.05) is 110 Å². The van der Waals surface area contributed by atoms with Crippen molar-refractivity contribution in [1.29, 1.82) is 21.0 Å². The predicted molar refractivity (Wildman–Crippen MR) is 289 cm³/mol. The van der Waals surface area contributed by atoms with Crippen LogP contribution in [-0.2, 0) is 19.3 Å². The summed E-state index contributed by atoms with van der Waals surface area (Å²) in [6, 6.07) is 27.7. The van der Waals surface area contributed by atoms with E-state index in [9.17, 15) is 21.0 Å². The summed E-state index contributed by atoms with van der Waals surface area (Å²) < 4.78 is 0. The molecule has 5 aromatic rings. The summed E-state index contributed by atoms with van der Waals surface area (Å²) in [6.07, 6.45) is 38.4. The molecule has 0 bridgehead atoms. The van der Waals surface area contributed by atoms with E-state index in [2.05, 4.69) is 96.9 Å². The van der Waals surface area contributed by atoms with E-state index in [0.29, 0.717) is 72.2 Å². The molecule has 1 atom stereocenters. The van der Waals surface area contributed by atoms with Crippen LogP contribution in [0.5, 0.6) is 0 Å². The largest absolute Gasteiger partial charge is 0.405 e. The molecule has 1 aliphatic rings. The van der Waals surface area contributed by atoms with Gasteiger partial charge in [-0.15, -0.1) is 0 Å². The predicted octanol–water partition coefficient (Wildman–Crippen LogP) is 10.7. The number of nitrogens with zero attached hydrogens (tertiary/aromatic N) is 5. The highest BCUT2D eigenvalue weighted by molar-refractivity contribution is 6.27. The Morgan fingerprint density at radius 2 is 1.17 bits per heavy atom. The van der Waals surface area contributed by atoms with Gasteiger partial charge in [0.1, 0.15) is 0 Å². The minimum atomic E-state index is -0.198. The monoisotopic (exact) mass is 929 g/mol. The highest BCUT2D eigenvalue weighted by Crippen LogP contribution is 2.44. The Morgan fingerprint density at radius 1 is 0.634 bits per heavy atom. The summed E-state index contributed by atoms with van der Waals surface area (Å²) in [4.78, 5) is 5.16. The summed E-state index contributed by atoms with van der Waals surface area (Å²) in [7, 11) is 0. The lowest BCUT2D eigenvalue weighted by Gasteiger charge is -2.26. The van der Waals surface area contributed by atoms with Gasteiger partial charge < -0.3 is 34.0 Å². The molecular weight excluding hydrogens is 875 g/mol. The highest BCUT2D eigenvalue weighted by Gasteiger charge is 2.22. The Kier molecular flexibility index (Phi) is 18.1. The van der Waals surface area contributed by atoms with Crippen molar-refractivity contribution < 1.29 is 0 Å². The van der Waals surface area contributed by atoms with Crippen molar-refractivity contribution in [3.05, 3.63) is 245 Å². The first-order chi connectivity index (χ1) is 34.7. The molecule has 0 amide bonds. The van der Waals surface area contributed by atoms with E-state index in [0.717, 1.165) is 71.7 Å². The third kappa shape index (κ3) is 13.0. The molecule has 350 valence electrons. The molecule has 11 heteroatoms. The molecule has 11 N–H and O–H groups in total. The molecule has 0 saturated carbocycles. The van der Waals surface area contributed by atoms with Crippen LogP contribution in [0.3, 0.4) is 0 Å². The third-order valence-electron chi connectivity index (χ3n) is 11.8. The Hall–Kier alpha value is -9.81. The standard InChI is InChI=1S/C60H55N11/c1-2-41(37-64)17-21-47(68)11-5-3-9-45-35-55(57-15-7-13-49(70-57)23-19-43(39-66)30-33-62)53-28-26-52-46(10-4-6-12-48(69)22-18-42(38-65)29-32-61)36-56(54-27-25-51(45)59(53)60(52)54)58-16-8-14-50(71-58)24-20-44(40-67)31-34-63/h2-8,11-20,25-36,57,70H,1,9-10,21-24,61-63,68-69H2/b5-3-,6-4-,32-29-,33-30-,34-31-,41-17+,42-18+,43-19+,44-20+,47-11-,48-12-. The maximum absolute atomic E-state index is 9.66. The van der Waals surface area contributed by atoms with Crippen LogP contribution < -0.4 is 34.0 Å². The summed E-state index contributed by atoms with van der Waals surface area (Å²) in [5.74, 6) is 0. The van der Waals surface area contributed by atoms with Crippen LogP contribution in [0.1, 0.15) is 47.7 Å². The number of allylic oxidation sites excluding steroid dienone is 20. The highest BCUT2D eigenvalue weighted by atomic mass is 14.9. The van der Waals surface area contributed by atoms with E-state index in [1.165, 1.54) is 24.7 Å². The molecule has 1 aliphatic heterocycles. The van der Waals surface area contributed by atoms with Crippen LogP contribution in [0.4, 0.5) is 0 Å². The van der Waals surface area contributed by atoms with Gasteiger partial charge in [-0.05, 0) is 135 Å². The molecule has 4 aromatic carbocycles. The molecule has 71 heavy (non-hydrogen) atoms. The summed E-state index contributed by atoms with van der Waals surface area (Å²) >= 11 is 0. The van der Waals surface area contributed by atoms with E-state index >= 15 is 0 Å². The van der Waals surface area contributed by atoms with Gasteiger partial charge in [0.15, 0.2) is 0 Å². The van der Waals surface area contributed by atoms with E-state index in [-0.39, 0.29) is 6.04 Å². The van der Waals surface area contributed by atoms with Crippen LogP contribution in [0, 0.1) is 45.3 Å². The van der Waals surface area contributed by atoms with Crippen molar-refractivity contribution in [2.24, 2.45) is 28.7 Å². The number of aromatic nitrogens is 1. The molecule has 6 rings (SSSR count). The SMILES string of the molecule is C=C/C(C#N)=C\C/C(N)=C/C=C\Cc1cc(C2C=CC=C(C/C=C(C#N)\C=C/N)N2)c2ccc3c(C/C=C\C=C(/N)C/C=C(C#N)\C=C/N)cc(-c4cccc(C/C=C(C#N)\C=C/N)n4)c4ccc1c2c34. The van der Waals surface area contributed by atoms with Gasteiger partial charge in [0, 0.05) is 76.3 Å². The zero-order valence-electron chi connectivity index (χ0n) is 39.4. The quantitative estimate of drug-likeness (QED) is 0.0243. The second-order valence-electron chi connectivity index (χ2n) is 16.4. The first kappa shape index (κ1) is 50.6. The van der Waals surface area contributed by atoms with Gasteiger partial charge in [-0.3, -0.25) is 4.98 Å². The smallest absolute Gasteiger partial charge is 0.0988 e. The number of rotatable bonds is 20. The van der Waals surface area contributed by atoms with Gasteiger partial charge in [0.05, 0.1) is 36.0 Å². The second kappa shape index (κ2) is 25.4. The van der Waals surface area contributed by atoms with Crippen molar-refractivity contribution in [2.45, 2.75) is 44.6 Å². The fraction of sp³-hybridized carbons (Fsp3) is 0.117. The number of pyridine rings is 1. The first-order valence-electron chi connectivity index (χ1n) is 23.0. The van der Waals surface area contributed by atoms with Crippen molar-refractivity contribution in [1.82, 2.24) is 10.3 Å². The summed E-state index contributed by atoms with van der Waals surface area (Å²) in [6.45, 7) is 3.69.